The number of hydrogen-bond donors (Lipinski definition) is 2. The largest absolute Gasteiger partial charge is 0.391 e. The number of ether oxygens (including phenoxy) is 1. The second-order valence-electron chi connectivity index (χ2n) is 9.15. The molecule has 1 aromatic carbocycles. The van der Waals surface area contributed by atoms with Gasteiger partial charge < -0.3 is 24.6 Å². The Kier molecular flexibility index (Phi) is 12.1. The van der Waals surface area contributed by atoms with Crippen LogP contribution in [0.2, 0.25) is 0 Å². The van der Waals surface area contributed by atoms with Crippen molar-refractivity contribution in [1.82, 2.24) is 19.8 Å². The summed E-state index contributed by atoms with van der Waals surface area (Å²) in [6.07, 6.45) is 2.91. The van der Waals surface area contributed by atoms with Crippen LogP contribution in [0.3, 0.4) is 0 Å². The third-order valence-corrected chi connectivity index (χ3v) is 6.33. The Hall–Kier alpha value is -1.38. The summed E-state index contributed by atoms with van der Waals surface area (Å²) in [5, 5.41) is 14.3. The molecule has 0 aliphatic carbocycles. The van der Waals surface area contributed by atoms with Crippen molar-refractivity contribution < 1.29 is 14.6 Å². The number of imidazole rings is 1. The number of amides is 1. The lowest BCUT2D eigenvalue weighted by Gasteiger charge is -2.49. The van der Waals surface area contributed by atoms with Gasteiger partial charge in [-0.15, -0.1) is 24.8 Å². The number of unbranched alkanes of at least 4 members (excludes halogenated alkanes) is 1. The standard InChI is InChI=1S/C24H38N4O3.2ClH/c1-18(2)16-28(24(19(3)29)12-9-13-25-17-24)23(30)22-26-20-10-5-6-11-21(20)27(22)14-7-8-15-31-4;;/h5-6,10-11,18-19,25,29H,7-9,12-17H2,1-4H3;2*1H/t19-,24-;;/m1../s1. The van der Waals surface area contributed by atoms with Gasteiger partial charge in [-0.25, -0.2) is 4.98 Å². The molecule has 3 rings (SSSR count). The van der Waals surface area contributed by atoms with Crippen molar-refractivity contribution in [2.45, 2.75) is 64.6 Å². The number of methoxy groups -OCH3 is 1. The van der Waals surface area contributed by atoms with Crippen molar-refractivity contribution in [3.8, 4) is 0 Å². The van der Waals surface area contributed by atoms with Crippen molar-refractivity contribution in [3.05, 3.63) is 30.1 Å². The van der Waals surface area contributed by atoms with Crippen molar-refractivity contribution in [3.63, 3.8) is 0 Å². The van der Waals surface area contributed by atoms with Gasteiger partial charge in [-0.2, -0.15) is 0 Å². The van der Waals surface area contributed by atoms with Gasteiger partial charge in [0.15, 0.2) is 5.82 Å². The first-order valence-corrected chi connectivity index (χ1v) is 11.6. The average Bonchev–Trinajstić information content (AvgIpc) is 3.13. The lowest BCUT2D eigenvalue weighted by atomic mass is 9.82. The van der Waals surface area contributed by atoms with Gasteiger partial charge in [0.05, 0.1) is 22.7 Å². The zero-order chi connectivity index (χ0) is 22.4. The molecule has 33 heavy (non-hydrogen) atoms. The van der Waals surface area contributed by atoms with E-state index in [1.807, 2.05) is 33.7 Å². The summed E-state index contributed by atoms with van der Waals surface area (Å²) in [6, 6.07) is 7.91. The predicted molar refractivity (Wildman–Crippen MR) is 138 cm³/mol. The quantitative estimate of drug-likeness (QED) is 0.481. The molecule has 2 atom stereocenters. The van der Waals surface area contributed by atoms with E-state index in [4.69, 9.17) is 9.72 Å². The second-order valence-corrected chi connectivity index (χ2v) is 9.15. The normalized spacial score (nSPS) is 19.1. The number of hydrogen-bond acceptors (Lipinski definition) is 5. The third-order valence-electron chi connectivity index (χ3n) is 6.33. The van der Waals surface area contributed by atoms with Gasteiger partial charge in [-0.3, -0.25) is 4.79 Å². The van der Waals surface area contributed by atoms with Crippen LogP contribution >= 0.6 is 24.8 Å². The molecule has 2 N–H and O–H groups in total. The third kappa shape index (κ3) is 6.61. The van der Waals surface area contributed by atoms with E-state index in [2.05, 4.69) is 19.2 Å². The Bertz CT molecular complexity index is 867. The Balaban J connectivity index is 0.00000272. The van der Waals surface area contributed by atoms with E-state index >= 15 is 0 Å². The Labute approximate surface area is 210 Å². The van der Waals surface area contributed by atoms with Crippen LogP contribution in [-0.4, -0.2) is 70.5 Å². The van der Waals surface area contributed by atoms with Crippen LogP contribution in [0.25, 0.3) is 11.0 Å². The van der Waals surface area contributed by atoms with Gasteiger partial charge in [-0.05, 0) is 57.2 Å². The molecule has 0 radical (unpaired) electrons. The smallest absolute Gasteiger partial charge is 0.290 e. The molecule has 7 nitrogen and oxygen atoms in total. The van der Waals surface area contributed by atoms with Gasteiger partial charge in [0, 0.05) is 33.4 Å². The van der Waals surface area contributed by atoms with Gasteiger partial charge in [0.25, 0.3) is 5.91 Å². The van der Waals surface area contributed by atoms with Gasteiger partial charge >= 0.3 is 0 Å². The Morgan fingerprint density at radius 3 is 2.61 bits per heavy atom. The number of carbonyl (C=O) groups excluding carboxylic acids is 1. The minimum absolute atomic E-state index is 0. The van der Waals surface area contributed by atoms with Crippen LogP contribution in [0.15, 0.2) is 24.3 Å². The first-order chi connectivity index (χ1) is 14.9. The number of aliphatic hydroxyl groups excluding tert-OH is 1. The maximum Gasteiger partial charge on any atom is 0.290 e. The highest BCUT2D eigenvalue weighted by atomic mass is 35.5. The number of aromatic nitrogens is 2. The fourth-order valence-electron chi connectivity index (χ4n) is 4.66. The first kappa shape index (κ1) is 29.7. The van der Waals surface area contributed by atoms with Crippen molar-refractivity contribution in [1.29, 1.82) is 0 Å². The number of aryl methyl sites for hydroxylation is 1. The van der Waals surface area contributed by atoms with E-state index in [9.17, 15) is 9.90 Å². The summed E-state index contributed by atoms with van der Waals surface area (Å²) in [6.45, 7) is 9.53. The van der Waals surface area contributed by atoms with Crippen LogP contribution in [0.5, 0.6) is 0 Å². The topological polar surface area (TPSA) is 79.6 Å². The molecule has 0 bridgehead atoms. The van der Waals surface area contributed by atoms with Crippen LogP contribution in [0.4, 0.5) is 0 Å². The van der Waals surface area contributed by atoms with E-state index in [1.54, 1.807) is 14.0 Å². The maximum absolute atomic E-state index is 14.0. The molecule has 1 aromatic heterocycles. The summed E-state index contributed by atoms with van der Waals surface area (Å²) in [5.74, 6) is 0.645. The number of piperidine rings is 1. The minimum Gasteiger partial charge on any atom is -0.391 e. The number of rotatable bonds is 10. The lowest BCUT2D eigenvalue weighted by molar-refractivity contribution is -0.0317. The fraction of sp³-hybridized carbons (Fsp3) is 0.667. The molecule has 0 unspecified atom stereocenters. The second kappa shape index (κ2) is 13.5. The molecule has 1 amide bonds. The number of aliphatic hydroxyl groups is 1. The molecule has 1 fully saturated rings. The highest BCUT2D eigenvalue weighted by Crippen LogP contribution is 2.31. The van der Waals surface area contributed by atoms with Crippen molar-refractivity contribution >= 4 is 41.8 Å². The van der Waals surface area contributed by atoms with Gasteiger partial charge in [0.1, 0.15) is 0 Å². The zero-order valence-electron chi connectivity index (χ0n) is 20.2. The fourth-order valence-corrected chi connectivity index (χ4v) is 4.66. The van der Waals surface area contributed by atoms with Crippen LogP contribution in [0.1, 0.15) is 57.1 Å². The summed E-state index contributed by atoms with van der Waals surface area (Å²) in [4.78, 5) is 20.7. The monoisotopic (exact) mass is 502 g/mol. The number of nitrogens with zero attached hydrogens (tertiary/aromatic N) is 3. The summed E-state index contributed by atoms with van der Waals surface area (Å²) < 4.78 is 7.24. The molecule has 1 saturated heterocycles. The highest BCUT2D eigenvalue weighted by Gasteiger charge is 2.46. The van der Waals surface area contributed by atoms with Crippen molar-refractivity contribution in [2.75, 3.05) is 33.4 Å². The minimum atomic E-state index is -0.637. The molecule has 0 saturated carbocycles. The number of halogens is 2. The molecule has 2 aromatic rings. The molecule has 2 heterocycles. The Morgan fingerprint density at radius 1 is 1.27 bits per heavy atom. The zero-order valence-corrected chi connectivity index (χ0v) is 21.9. The average molecular weight is 504 g/mol. The van der Waals surface area contributed by atoms with E-state index in [0.29, 0.717) is 32.1 Å². The van der Waals surface area contributed by atoms with Crippen molar-refractivity contribution in [2.24, 2.45) is 5.92 Å². The maximum atomic E-state index is 14.0. The first-order valence-electron chi connectivity index (χ1n) is 11.6. The van der Waals surface area contributed by atoms with Crippen LogP contribution < -0.4 is 5.32 Å². The number of benzene rings is 1. The predicted octanol–water partition coefficient (Wildman–Crippen LogP) is 3.91. The molecule has 188 valence electrons. The molecule has 1 aliphatic rings. The number of fused-ring (bicyclic) bond motifs is 1. The molecule has 9 heteroatoms. The van der Waals surface area contributed by atoms with Crippen LogP contribution in [0, 0.1) is 5.92 Å². The number of nitrogens with one attached hydrogen (secondary N) is 1. The summed E-state index contributed by atoms with van der Waals surface area (Å²) in [5.41, 5.74) is 1.18. The van der Waals surface area contributed by atoms with E-state index in [1.165, 1.54) is 0 Å². The lowest BCUT2D eigenvalue weighted by Crippen LogP contribution is -2.65. The van der Waals surface area contributed by atoms with E-state index in [0.717, 1.165) is 43.3 Å². The molecule has 0 spiro atoms. The van der Waals surface area contributed by atoms with E-state index in [-0.39, 0.29) is 36.6 Å². The Morgan fingerprint density at radius 2 is 2.00 bits per heavy atom. The summed E-state index contributed by atoms with van der Waals surface area (Å²) >= 11 is 0. The highest BCUT2D eigenvalue weighted by molar-refractivity contribution is 5.95. The summed E-state index contributed by atoms with van der Waals surface area (Å²) in [7, 11) is 1.71. The number of carbonyl (C=O) groups is 1. The van der Waals surface area contributed by atoms with E-state index < -0.39 is 11.6 Å². The SMILES string of the molecule is COCCCCn1c(C(=O)N(CC(C)C)[C@]2([C@@H](C)O)CCCNC2)nc2ccccc21.Cl.Cl. The van der Waals surface area contributed by atoms with Gasteiger partial charge in [0.2, 0.25) is 0 Å². The number of para-hydroxylation sites is 2. The molecular weight excluding hydrogens is 463 g/mol. The van der Waals surface area contributed by atoms with Crippen LogP contribution in [-0.2, 0) is 11.3 Å². The molecule has 1 aliphatic heterocycles. The molecular formula is C24H40Cl2N4O3. The van der Waals surface area contributed by atoms with Gasteiger partial charge in [-0.1, -0.05) is 26.0 Å².